The van der Waals surface area contributed by atoms with Crippen molar-refractivity contribution >= 4 is 40.9 Å². The second kappa shape index (κ2) is 12.6. The highest BCUT2D eigenvalue weighted by Gasteiger charge is 2.39. The molecule has 1 N–H and O–H groups in total. The summed E-state index contributed by atoms with van der Waals surface area (Å²) in [6.07, 6.45) is 0.646. The van der Waals surface area contributed by atoms with Crippen LogP contribution < -0.4 is 19.7 Å². The number of hydrogen-bond acceptors (Lipinski definition) is 8. The van der Waals surface area contributed by atoms with Crippen molar-refractivity contribution in [3.05, 3.63) is 88.4 Å². The molecule has 10 heteroatoms. The van der Waals surface area contributed by atoms with Crippen LogP contribution in [0.3, 0.4) is 0 Å². The Bertz CT molecular complexity index is 1390. The highest BCUT2D eigenvalue weighted by Crippen LogP contribution is 2.28. The van der Waals surface area contributed by atoms with Crippen LogP contribution in [0.25, 0.3) is 0 Å². The third-order valence-electron chi connectivity index (χ3n) is 6.27. The molecule has 0 aromatic heterocycles. The zero-order valence-electron chi connectivity index (χ0n) is 21.4. The minimum atomic E-state index is -0.712. The predicted molar refractivity (Wildman–Crippen MR) is 145 cm³/mol. The summed E-state index contributed by atoms with van der Waals surface area (Å²) in [6, 6.07) is 17.3. The first-order chi connectivity index (χ1) is 18.8. The molecule has 4 rings (SSSR count). The maximum absolute atomic E-state index is 13.0. The van der Waals surface area contributed by atoms with E-state index in [2.05, 4.69) is 5.32 Å². The highest BCUT2D eigenvalue weighted by molar-refractivity contribution is 6.34. The number of ketones is 1. The molecule has 1 saturated heterocycles. The fraction of sp³-hybridized carbons (Fsp3) is 0.241. The monoisotopic (exact) mass is 550 g/mol. The number of carbonyl (C=O) groups excluding carboxylic acids is 4. The van der Waals surface area contributed by atoms with Crippen molar-refractivity contribution in [3.8, 4) is 11.5 Å². The summed E-state index contributed by atoms with van der Waals surface area (Å²) in [6.45, 7) is 0.00870. The summed E-state index contributed by atoms with van der Waals surface area (Å²) in [5.74, 6) is -0.601. The van der Waals surface area contributed by atoms with E-state index in [9.17, 15) is 19.2 Å². The number of esters is 1. The topological polar surface area (TPSA) is 111 Å². The quantitative estimate of drug-likeness (QED) is 0.218. The van der Waals surface area contributed by atoms with Crippen LogP contribution >= 0.6 is 11.6 Å². The van der Waals surface area contributed by atoms with Gasteiger partial charge in [0.15, 0.2) is 18.1 Å². The number of nitrogens with one attached hydrogen (secondary N) is 1. The highest BCUT2D eigenvalue weighted by atomic mass is 35.5. The van der Waals surface area contributed by atoms with Crippen molar-refractivity contribution in [1.82, 2.24) is 5.32 Å². The fourth-order valence-electron chi connectivity index (χ4n) is 4.22. The summed E-state index contributed by atoms with van der Waals surface area (Å²) in [7, 11) is 3.13. The Hall–Kier alpha value is -4.21. The van der Waals surface area contributed by atoms with Gasteiger partial charge in [-0.3, -0.25) is 14.4 Å². The summed E-state index contributed by atoms with van der Waals surface area (Å²) >= 11 is 6.01. The van der Waals surface area contributed by atoms with Gasteiger partial charge in [0.25, 0.3) is 5.91 Å². The van der Waals surface area contributed by atoms with E-state index in [4.69, 9.17) is 25.8 Å². The molecule has 9 nitrogen and oxygen atoms in total. The minimum absolute atomic E-state index is 0.0265. The summed E-state index contributed by atoms with van der Waals surface area (Å²) in [4.78, 5) is 51.4. The molecule has 1 fully saturated rings. The first-order valence-corrected chi connectivity index (χ1v) is 12.6. The molecule has 0 bridgehead atoms. The lowest BCUT2D eigenvalue weighted by atomic mass is 10.1. The lowest BCUT2D eigenvalue weighted by Crippen LogP contribution is -2.39. The number of anilines is 1. The largest absolute Gasteiger partial charge is 0.493 e. The second-order valence-electron chi connectivity index (χ2n) is 8.74. The van der Waals surface area contributed by atoms with E-state index in [1.807, 2.05) is 18.2 Å². The summed E-state index contributed by atoms with van der Waals surface area (Å²) in [5, 5.41) is 3.43. The number of imide groups is 1. The van der Waals surface area contributed by atoms with Crippen LogP contribution in [0.2, 0.25) is 5.02 Å². The minimum Gasteiger partial charge on any atom is -0.493 e. The van der Waals surface area contributed by atoms with Crippen LogP contribution in [0.4, 0.5) is 5.69 Å². The van der Waals surface area contributed by atoms with Crippen LogP contribution in [0.1, 0.15) is 32.7 Å². The van der Waals surface area contributed by atoms with Gasteiger partial charge in [-0.2, -0.15) is 0 Å². The normalized spacial score (nSPS) is 14.8. The van der Waals surface area contributed by atoms with Gasteiger partial charge in [-0.05, 0) is 67.1 Å². The van der Waals surface area contributed by atoms with E-state index >= 15 is 0 Å². The van der Waals surface area contributed by atoms with Crippen molar-refractivity contribution in [1.29, 1.82) is 0 Å². The van der Waals surface area contributed by atoms with Crippen LogP contribution in [0.5, 0.6) is 11.5 Å². The number of nitrogens with zero attached hydrogens (tertiary/aromatic N) is 1. The molecule has 39 heavy (non-hydrogen) atoms. The molecule has 3 aromatic rings. The van der Waals surface area contributed by atoms with Gasteiger partial charge in [0.05, 0.1) is 43.0 Å². The first-order valence-electron chi connectivity index (χ1n) is 12.2. The van der Waals surface area contributed by atoms with E-state index in [1.54, 1.807) is 38.5 Å². The Balaban J connectivity index is 1.31. The van der Waals surface area contributed by atoms with Gasteiger partial charge in [0, 0.05) is 5.56 Å². The number of halogens is 1. The SMILES string of the molecule is COc1ccc(CCNC2CC(=O)N(c3ccc(C(=O)OCC(=O)c4ccccc4Cl)cc3)C2=O)cc1OC. The average Bonchev–Trinajstić information content (AvgIpc) is 3.24. The molecule has 0 aliphatic carbocycles. The molecular formula is C29H27ClN2O7. The van der Waals surface area contributed by atoms with E-state index in [1.165, 1.54) is 24.3 Å². The third kappa shape index (κ3) is 6.45. The Morgan fingerprint density at radius 2 is 1.69 bits per heavy atom. The lowest BCUT2D eigenvalue weighted by molar-refractivity contribution is -0.121. The molecule has 3 aromatic carbocycles. The zero-order chi connectivity index (χ0) is 27.9. The van der Waals surface area contributed by atoms with Crippen LogP contribution in [0, 0.1) is 0 Å². The first kappa shape index (κ1) is 27.8. The van der Waals surface area contributed by atoms with E-state index in [-0.39, 0.29) is 34.4 Å². The van der Waals surface area contributed by atoms with Gasteiger partial charge in [-0.1, -0.05) is 29.8 Å². The lowest BCUT2D eigenvalue weighted by Gasteiger charge is -2.16. The standard InChI is InChI=1S/C29H27ClN2O7/c1-37-25-12-7-18(15-26(25)38-2)13-14-31-23-16-27(34)32(28(23)35)20-10-8-19(9-11-20)29(36)39-17-24(33)21-5-3-4-6-22(21)30/h3-12,15,23,31H,13-14,16-17H2,1-2H3. The zero-order valence-corrected chi connectivity index (χ0v) is 22.2. The number of ether oxygens (including phenoxy) is 3. The van der Waals surface area contributed by atoms with Gasteiger partial charge < -0.3 is 19.5 Å². The van der Waals surface area contributed by atoms with E-state index in [0.717, 1.165) is 10.5 Å². The number of carbonyl (C=O) groups is 4. The second-order valence-corrected chi connectivity index (χ2v) is 9.15. The molecule has 1 atom stereocenters. The number of benzene rings is 3. The molecule has 2 amide bonds. The Morgan fingerprint density at radius 3 is 2.38 bits per heavy atom. The number of amides is 2. The van der Waals surface area contributed by atoms with Gasteiger partial charge >= 0.3 is 5.97 Å². The molecule has 1 aliphatic heterocycles. The van der Waals surface area contributed by atoms with Crippen molar-refractivity contribution < 1.29 is 33.4 Å². The van der Waals surface area contributed by atoms with E-state index in [0.29, 0.717) is 30.2 Å². The molecule has 0 saturated carbocycles. The number of methoxy groups -OCH3 is 2. The van der Waals surface area contributed by atoms with Crippen molar-refractivity contribution in [2.24, 2.45) is 0 Å². The smallest absolute Gasteiger partial charge is 0.338 e. The van der Waals surface area contributed by atoms with Gasteiger partial charge in [-0.25, -0.2) is 9.69 Å². The maximum Gasteiger partial charge on any atom is 0.338 e. The summed E-state index contributed by atoms with van der Waals surface area (Å²) in [5.41, 5.74) is 1.78. The molecule has 202 valence electrons. The van der Waals surface area contributed by atoms with Crippen molar-refractivity contribution in [2.45, 2.75) is 18.9 Å². The molecule has 1 unspecified atom stereocenters. The molecule has 0 radical (unpaired) electrons. The maximum atomic E-state index is 13.0. The van der Waals surface area contributed by atoms with Crippen molar-refractivity contribution in [3.63, 3.8) is 0 Å². The molecule has 0 spiro atoms. The molecule has 1 aliphatic rings. The van der Waals surface area contributed by atoms with E-state index < -0.39 is 24.4 Å². The van der Waals surface area contributed by atoms with Gasteiger partial charge in [0.1, 0.15) is 0 Å². The molecular weight excluding hydrogens is 524 g/mol. The van der Waals surface area contributed by atoms with Crippen LogP contribution in [0.15, 0.2) is 66.7 Å². The van der Waals surface area contributed by atoms with Crippen LogP contribution in [-0.2, 0) is 20.7 Å². The molecule has 1 heterocycles. The third-order valence-corrected chi connectivity index (χ3v) is 6.60. The number of rotatable bonds is 11. The van der Waals surface area contributed by atoms with Gasteiger partial charge in [0.2, 0.25) is 11.7 Å². The Morgan fingerprint density at radius 1 is 0.974 bits per heavy atom. The van der Waals surface area contributed by atoms with Gasteiger partial charge in [-0.15, -0.1) is 0 Å². The Labute approximate surface area is 230 Å². The predicted octanol–water partition coefficient (Wildman–Crippen LogP) is 3.86. The number of hydrogen-bond donors (Lipinski definition) is 1. The fourth-order valence-corrected chi connectivity index (χ4v) is 4.46. The number of Topliss-reactive ketones (excluding diaryl/α,β-unsaturated/α-hetero) is 1. The van der Waals surface area contributed by atoms with Crippen LogP contribution in [-0.4, -0.2) is 57.0 Å². The Kier molecular flexibility index (Phi) is 8.96. The average molecular weight is 551 g/mol. The van der Waals surface area contributed by atoms with Crippen molar-refractivity contribution in [2.75, 3.05) is 32.3 Å². The summed E-state index contributed by atoms with van der Waals surface area (Å²) < 4.78 is 15.7.